The molecule has 20 heavy (non-hydrogen) atoms. The fraction of sp³-hybridized carbons (Fsp3) is 0.562. The quantitative estimate of drug-likeness (QED) is 0.868. The topological polar surface area (TPSA) is 55.8 Å². The Labute approximate surface area is 119 Å². The van der Waals surface area contributed by atoms with E-state index in [9.17, 15) is 9.90 Å². The first-order valence-electron chi connectivity index (χ1n) is 7.03. The minimum absolute atomic E-state index is 0.518. The number of ether oxygens (including phenoxy) is 2. The molecule has 4 nitrogen and oxygen atoms in total. The highest BCUT2D eigenvalue weighted by atomic mass is 16.5. The van der Waals surface area contributed by atoms with E-state index in [1.807, 2.05) is 6.07 Å². The summed E-state index contributed by atoms with van der Waals surface area (Å²) in [4.78, 5) is 11.7. The molecular weight excluding hydrogens is 256 g/mol. The number of hydrogen-bond donors (Lipinski definition) is 1. The summed E-state index contributed by atoms with van der Waals surface area (Å²) in [6.07, 6.45) is 3.63. The van der Waals surface area contributed by atoms with Gasteiger partial charge in [-0.3, -0.25) is 4.79 Å². The van der Waals surface area contributed by atoms with Crippen LogP contribution in [0.5, 0.6) is 11.5 Å². The smallest absolute Gasteiger partial charge is 0.314 e. The first-order valence-corrected chi connectivity index (χ1v) is 7.03. The Hall–Kier alpha value is -1.71. The summed E-state index contributed by atoms with van der Waals surface area (Å²) in [5, 5.41) is 9.64. The zero-order chi connectivity index (χ0) is 14.8. The van der Waals surface area contributed by atoms with Crippen LogP contribution in [0.25, 0.3) is 0 Å². The molecule has 1 saturated carbocycles. The van der Waals surface area contributed by atoms with Gasteiger partial charge in [-0.05, 0) is 36.5 Å². The Balaban J connectivity index is 2.30. The molecule has 0 saturated heterocycles. The van der Waals surface area contributed by atoms with Gasteiger partial charge in [0.2, 0.25) is 0 Å². The molecule has 0 heterocycles. The molecule has 1 aliphatic rings. The summed E-state index contributed by atoms with van der Waals surface area (Å²) in [6, 6.07) is 5.43. The van der Waals surface area contributed by atoms with Crippen molar-refractivity contribution in [3.05, 3.63) is 23.8 Å². The SMILES string of the molecule is CCCC1CC(C(=O)O)(c2ccc(OC)c(OC)c2)C1. The van der Waals surface area contributed by atoms with Crippen molar-refractivity contribution in [2.45, 2.75) is 38.0 Å². The summed E-state index contributed by atoms with van der Waals surface area (Å²) in [7, 11) is 3.14. The van der Waals surface area contributed by atoms with Crippen molar-refractivity contribution in [3.8, 4) is 11.5 Å². The van der Waals surface area contributed by atoms with Crippen molar-refractivity contribution >= 4 is 5.97 Å². The number of carboxylic acids is 1. The molecule has 1 aromatic rings. The summed E-state index contributed by atoms with van der Waals surface area (Å²) in [5.41, 5.74) is 0.0642. The van der Waals surface area contributed by atoms with E-state index in [0.29, 0.717) is 30.3 Å². The third-order valence-electron chi connectivity index (χ3n) is 4.32. The lowest BCUT2D eigenvalue weighted by molar-refractivity contribution is -0.150. The lowest BCUT2D eigenvalue weighted by Gasteiger charge is -2.45. The number of rotatable bonds is 6. The van der Waals surface area contributed by atoms with Crippen LogP contribution in [0.15, 0.2) is 18.2 Å². The van der Waals surface area contributed by atoms with Gasteiger partial charge in [-0.25, -0.2) is 0 Å². The summed E-state index contributed by atoms with van der Waals surface area (Å²) < 4.78 is 10.5. The summed E-state index contributed by atoms with van der Waals surface area (Å²) >= 11 is 0. The van der Waals surface area contributed by atoms with E-state index >= 15 is 0 Å². The number of methoxy groups -OCH3 is 2. The van der Waals surface area contributed by atoms with Crippen LogP contribution >= 0.6 is 0 Å². The molecule has 1 N–H and O–H groups in total. The van der Waals surface area contributed by atoms with Gasteiger partial charge < -0.3 is 14.6 Å². The lowest BCUT2D eigenvalue weighted by Crippen LogP contribution is -2.47. The fourth-order valence-corrected chi connectivity index (χ4v) is 3.21. The lowest BCUT2D eigenvalue weighted by atomic mass is 9.57. The molecule has 0 radical (unpaired) electrons. The van der Waals surface area contributed by atoms with E-state index in [0.717, 1.165) is 18.4 Å². The van der Waals surface area contributed by atoms with E-state index in [4.69, 9.17) is 9.47 Å². The standard InChI is InChI=1S/C16H22O4/c1-4-5-11-9-16(10-11,15(17)18)12-6-7-13(19-2)14(8-12)20-3/h6-8,11H,4-5,9-10H2,1-3H3,(H,17,18). The molecule has 0 amide bonds. The molecule has 0 aliphatic heterocycles. The third kappa shape index (κ3) is 2.35. The molecule has 4 heteroatoms. The molecule has 1 fully saturated rings. The second kappa shape index (κ2) is 5.73. The van der Waals surface area contributed by atoms with E-state index in [2.05, 4.69) is 6.92 Å². The maximum Gasteiger partial charge on any atom is 0.314 e. The van der Waals surface area contributed by atoms with Crippen LogP contribution < -0.4 is 9.47 Å². The minimum Gasteiger partial charge on any atom is -0.493 e. The van der Waals surface area contributed by atoms with Crippen LogP contribution in [0, 0.1) is 5.92 Å². The van der Waals surface area contributed by atoms with Gasteiger partial charge >= 0.3 is 5.97 Å². The summed E-state index contributed by atoms with van der Waals surface area (Å²) in [5.74, 6) is 0.993. The Morgan fingerprint density at radius 2 is 1.95 bits per heavy atom. The number of carbonyl (C=O) groups is 1. The van der Waals surface area contributed by atoms with Gasteiger partial charge in [0.1, 0.15) is 0 Å². The minimum atomic E-state index is -0.751. The van der Waals surface area contributed by atoms with Gasteiger partial charge in [-0.15, -0.1) is 0 Å². The van der Waals surface area contributed by atoms with Crippen molar-refractivity contribution in [2.75, 3.05) is 14.2 Å². The van der Waals surface area contributed by atoms with E-state index in [1.165, 1.54) is 0 Å². The van der Waals surface area contributed by atoms with Gasteiger partial charge in [-0.2, -0.15) is 0 Å². The van der Waals surface area contributed by atoms with Gasteiger partial charge in [0.15, 0.2) is 11.5 Å². The highest BCUT2D eigenvalue weighted by molar-refractivity contribution is 5.83. The number of hydrogen-bond acceptors (Lipinski definition) is 3. The zero-order valence-electron chi connectivity index (χ0n) is 12.3. The maximum absolute atomic E-state index is 11.7. The molecule has 0 atom stereocenters. The van der Waals surface area contributed by atoms with E-state index in [-0.39, 0.29) is 0 Å². The average molecular weight is 278 g/mol. The molecule has 0 unspecified atom stereocenters. The van der Waals surface area contributed by atoms with E-state index in [1.54, 1.807) is 26.4 Å². The maximum atomic E-state index is 11.7. The fourth-order valence-electron chi connectivity index (χ4n) is 3.21. The second-order valence-corrected chi connectivity index (χ2v) is 5.52. The first-order chi connectivity index (χ1) is 9.57. The summed E-state index contributed by atoms with van der Waals surface area (Å²) in [6.45, 7) is 2.14. The first kappa shape index (κ1) is 14.7. The van der Waals surface area contributed by atoms with E-state index < -0.39 is 11.4 Å². The second-order valence-electron chi connectivity index (χ2n) is 5.52. The Morgan fingerprint density at radius 3 is 2.45 bits per heavy atom. The zero-order valence-corrected chi connectivity index (χ0v) is 12.3. The Morgan fingerprint density at radius 1 is 1.30 bits per heavy atom. The van der Waals surface area contributed by atoms with Crippen molar-refractivity contribution in [1.29, 1.82) is 0 Å². The van der Waals surface area contributed by atoms with Crippen LogP contribution in [-0.2, 0) is 10.2 Å². The van der Waals surface area contributed by atoms with Crippen molar-refractivity contribution < 1.29 is 19.4 Å². The van der Waals surface area contributed by atoms with Gasteiger partial charge in [0.05, 0.1) is 19.6 Å². The Kier molecular flexibility index (Phi) is 4.21. The number of aliphatic carboxylic acids is 1. The third-order valence-corrected chi connectivity index (χ3v) is 4.32. The molecule has 2 rings (SSSR count). The van der Waals surface area contributed by atoms with Gasteiger partial charge in [0.25, 0.3) is 0 Å². The largest absolute Gasteiger partial charge is 0.493 e. The molecule has 1 aliphatic carbocycles. The van der Waals surface area contributed by atoms with Crippen LogP contribution in [0.2, 0.25) is 0 Å². The predicted molar refractivity (Wildman–Crippen MR) is 76.5 cm³/mol. The molecule has 0 aromatic heterocycles. The predicted octanol–water partition coefficient (Wildman–Crippen LogP) is 3.24. The van der Waals surface area contributed by atoms with Crippen LogP contribution in [0.4, 0.5) is 0 Å². The number of benzene rings is 1. The molecule has 110 valence electrons. The molecule has 1 aromatic carbocycles. The van der Waals surface area contributed by atoms with Crippen molar-refractivity contribution in [3.63, 3.8) is 0 Å². The Bertz CT molecular complexity index is 489. The average Bonchev–Trinajstić information content (AvgIpc) is 2.41. The van der Waals surface area contributed by atoms with Gasteiger partial charge in [0, 0.05) is 0 Å². The highest BCUT2D eigenvalue weighted by Gasteiger charge is 2.51. The van der Waals surface area contributed by atoms with Crippen LogP contribution in [0.3, 0.4) is 0 Å². The number of carboxylic acid groups (broad SMARTS) is 1. The normalized spacial score (nSPS) is 24.9. The van der Waals surface area contributed by atoms with Crippen molar-refractivity contribution in [1.82, 2.24) is 0 Å². The van der Waals surface area contributed by atoms with Crippen molar-refractivity contribution in [2.24, 2.45) is 5.92 Å². The van der Waals surface area contributed by atoms with Crippen LogP contribution in [-0.4, -0.2) is 25.3 Å². The molecular formula is C16H22O4. The highest BCUT2D eigenvalue weighted by Crippen LogP contribution is 2.51. The van der Waals surface area contributed by atoms with Crippen LogP contribution in [0.1, 0.15) is 38.2 Å². The molecule has 0 bridgehead atoms. The monoisotopic (exact) mass is 278 g/mol. The van der Waals surface area contributed by atoms with Gasteiger partial charge in [-0.1, -0.05) is 25.8 Å². The molecule has 0 spiro atoms.